The summed E-state index contributed by atoms with van der Waals surface area (Å²) in [6, 6.07) is 7.93. The summed E-state index contributed by atoms with van der Waals surface area (Å²) >= 11 is 5.10. The van der Waals surface area contributed by atoms with Gasteiger partial charge in [-0.3, -0.25) is 9.69 Å². The first-order valence-corrected chi connectivity index (χ1v) is 9.63. The van der Waals surface area contributed by atoms with Crippen molar-refractivity contribution >= 4 is 39.2 Å². The Balaban J connectivity index is 1.48. The predicted molar refractivity (Wildman–Crippen MR) is 102 cm³/mol. The van der Waals surface area contributed by atoms with E-state index in [1.807, 2.05) is 42.2 Å². The Kier molecular flexibility index (Phi) is 5.81. The normalized spacial score (nSPS) is 16.0. The smallest absolute Gasteiger partial charge is 0.246 e. The van der Waals surface area contributed by atoms with Crippen LogP contribution in [0, 0.1) is 6.92 Å². The van der Waals surface area contributed by atoms with Crippen molar-refractivity contribution in [1.29, 1.82) is 0 Å². The monoisotopic (exact) mass is 405 g/mol. The molecule has 24 heavy (non-hydrogen) atoms. The summed E-state index contributed by atoms with van der Waals surface area (Å²) in [5.74, 6) is 0.0853. The number of piperazine rings is 1. The van der Waals surface area contributed by atoms with E-state index in [9.17, 15) is 4.79 Å². The molecule has 1 saturated heterocycles. The molecule has 3 rings (SSSR count). The first-order chi connectivity index (χ1) is 11.6. The molecule has 0 radical (unpaired) electrons. The number of aryl methyl sites for hydroxylation is 1. The van der Waals surface area contributed by atoms with Crippen molar-refractivity contribution in [2.45, 2.75) is 13.5 Å². The average molecular weight is 406 g/mol. The first-order valence-electron chi connectivity index (χ1n) is 7.96. The molecule has 0 N–H and O–H groups in total. The van der Waals surface area contributed by atoms with Gasteiger partial charge in [0.1, 0.15) is 0 Å². The fourth-order valence-electron chi connectivity index (χ4n) is 2.68. The SMILES string of the molecule is Cc1nc(CN2CCN(C(=O)/C=C/c3ccc(Br)cc3)CC2)cs1. The molecule has 0 aliphatic carbocycles. The van der Waals surface area contributed by atoms with E-state index in [0.717, 1.165) is 53.5 Å². The van der Waals surface area contributed by atoms with E-state index >= 15 is 0 Å². The minimum Gasteiger partial charge on any atom is -0.337 e. The maximum Gasteiger partial charge on any atom is 0.246 e. The molecular formula is C18H20BrN3OS. The molecule has 1 amide bonds. The number of thiazole rings is 1. The Morgan fingerprint density at radius 2 is 1.96 bits per heavy atom. The van der Waals surface area contributed by atoms with Crippen LogP contribution in [0.25, 0.3) is 6.08 Å². The highest BCUT2D eigenvalue weighted by Gasteiger charge is 2.20. The molecule has 0 unspecified atom stereocenters. The van der Waals surface area contributed by atoms with Crippen LogP contribution in [-0.4, -0.2) is 46.9 Å². The third kappa shape index (κ3) is 4.75. The standard InChI is InChI=1S/C18H20BrN3OS/c1-14-20-17(13-24-14)12-21-8-10-22(11-9-21)18(23)7-4-15-2-5-16(19)6-3-15/h2-7,13H,8-12H2,1H3/b7-4+. The lowest BCUT2D eigenvalue weighted by molar-refractivity contribution is -0.127. The van der Waals surface area contributed by atoms with E-state index in [2.05, 4.69) is 31.2 Å². The van der Waals surface area contributed by atoms with Crippen LogP contribution in [0.1, 0.15) is 16.3 Å². The molecule has 6 heteroatoms. The zero-order valence-corrected chi connectivity index (χ0v) is 16.0. The average Bonchev–Trinajstić information content (AvgIpc) is 2.99. The van der Waals surface area contributed by atoms with Crippen molar-refractivity contribution in [3.05, 3.63) is 56.5 Å². The van der Waals surface area contributed by atoms with Gasteiger partial charge in [0.25, 0.3) is 0 Å². The van der Waals surface area contributed by atoms with Crippen molar-refractivity contribution in [3.8, 4) is 0 Å². The molecule has 1 aromatic carbocycles. The van der Waals surface area contributed by atoms with Gasteiger partial charge in [0.05, 0.1) is 10.7 Å². The molecule has 2 heterocycles. The number of amides is 1. The van der Waals surface area contributed by atoms with Crippen LogP contribution in [0.5, 0.6) is 0 Å². The predicted octanol–water partition coefficient (Wildman–Crippen LogP) is 3.57. The quantitative estimate of drug-likeness (QED) is 0.729. The summed E-state index contributed by atoms with van der Waals surface area (Å²) in [7, 11) is 0. The summed E-state index contributed by atoms with van der Waals surface area (Å²) in [6.07, 6.45) is 3.54. The maximum absolute atomic E-state index is 12.3. The van der Waals surface area contributed by atoms with Crippen molar-refractivity contribution in [1.82, 2.24) is 14.8 Å². The second kappa shape index (κ2) is 8.05. The second-order valence-electron chi connectivity index (χ2n) is 5.84. The summed E-state index contributed by atoms with van der Waals surface area (Å²) in [5, 5.41) is 3.23. The summed E-state index contributed by atoms with van der Waals surface area (Å²) < 4.78 is 1.04. The molecule has 126 valence electrons. The zero-order valence-electron chi connectivity index (χ0n) is 13.6. The van der Waals surface area contributed by atoms with Crippen LogP contribution in [-0.2, 0) is 11.3 Å². The van der Waals surface area contributed by atoms with Crippen molar-refractivity contribution < 1.29 is 4.79 Å². The van der Waals surface area contributed by atoms with E-state index in [0.29, 0.717) is 0 Å². The summed E-state index contributed by atoms with van der Waals surface area (Å²) in [5.41, 5.74) is 2.16. The van der Waals surface area contributed by atoms with E-state index in [1.54, 1.807) is 17.4 Å². The van der Waals surface area contributed by atoms with Crippen molar-refractivity contribution in [2.75, 3.05) is 26.2 Å². The Morgan fingerprint density at radius 3 is 2.58 bits per heavy atom. The number of aromatic nitrogens is 1. The minimum absolute atomic E-state index is 0.0853. The van der Waals surface area contributed by atoms with E-state index in [1.165, 1.54) is 0 Å². The first kappa shape index (κ1) is 17.3. The minimum atomic E-state index is 0.0853. The summed E-state index contributed by atoms with van der Waals surface area (Å²) in [4.78, 5) is 21.1. The lowest BCUT2D eigenvalue weighted by Gasteiger charge is -2.33. The van der Waals surface area contributed by atoms with Crippen LogP contribution < -0.4 is 0 Å². The van der Waals surface area contributed by atoms with Crippen LogP contribution >= 0.6 is 27.3 Å². The molecule has 0 atom stereocenters. The van der Waals surface area contributed by atoms with E-state index < -0.39 is 0 Å². The number of hydrogen-bond donors (Lipinski definition) is 0. The molecule has 1 aliphatic rings. The van der Waals surface area contributed by atoms with Crippen LogP contribution in [0.15, 0.2) is 40.2 Å². The highest BCUT2D eigenvalue weighted by Crippen LogP contribution is 2.14. The fourth-order valence-corrected chi connectivity index (χ4v) is 3.55. The highest BCUT2D eigenvalue weighted by molar-refractivity contribution is 9.10. The molecule has 1 aliphatic heterocycles. The second-order valence-corrected chi connectivity index (χ2v) is 7.82. The van der Waals surface area contributed by atoms with E-state index in [-0.39, 0.29) is 5.91 Å². The molecule has 2 aromatic rings. The van der Waals surface area contributed by atoms with Crippen molar-refractivity contribution in [3.63, 3.8) is 0 Å². The number of hydrogen-bond acceptors (Lipinski definition) is 4. The molecule has 0 spiro atoms. The number of halogens is 1. The highest BCUT2D eigenvalue weighted by atomic mass is 79.9. The molecule has 4 nitrogen and oxygen atoms in total. The molecule has 0 bridgehead atoms. The Labute approximate surface area is 154 Å². The van der Waals surface area contributed by atoms with Crippen LogP contribution in [0.2, 0.25) is 0 Å². The lowest BCUT2D eigenvalue weighted by Crippen LogP contribution is -2.47. The fraction of sp³-hybridized carbons (Fsp3) is 0.333. The Bertz CT molecular complexity index is 718. The third-order valence-corrected chi connectivity index (χ3v) is 5.38. The number of carbonyl (C=O) groups excluding carboxylic acids is 1. The molecule has 0 saturated carbocycles. The largest absolute Gasteiger partial charge is 0.337 e. The number of nitrogens with zero attached hydrogens (tertiary/aromatic N) is 3. The number of carbonyl (C=O) groups is 1. The van der Waals surface area contributed by atoms with Gasteiger partial charge >= 0.3 is 0 Å². The van der Waals surface area contributed by atoms with Crippen LogP contribution in [0.4, 0.5) is 0 Å². The number of benzene rings is 1. The molecule has 1 fully saturated rings. The van der Waals surface area contributed by atoms with Crippen LogP contribution in [0.3, 0.4) is 0 Å². The third-order valence-electron chi connectivity index (χ3n) is 4.02. The number of rotatable bonds is 4. The topological polar surface area (TPSA) is 36.4 Å². The zero-order chi connectivity index (χ0) is 16.9. The lowest BCUT2D eigenvalue weighted by atomic mass is 10.2. The Hall–Kier alpha value is -1.50. The van der Waals surface area contributed by atoms with E-state index in [4.69, 9.17) is 0 Å². The van der Waals surface area contributed by atoms with Gasteiger partial charge in [0, 0.05) is 48.7 Å². The van der Waals surface area contributed by atoms with Gasteiger partial charge in [-0.05, 0) is 30.7 Å². The Morgan fingerprint density at radius 1 is 1.25 bits per heavy atom. The summed E-state index contributed by atoms with van der Waals surface area (Å²) in [6.45, 7) is 6.24. The van der Waals surface area contributed by atoms with Gasteiger partial charge in [-0.1, -0.05) is 28.1 Å². The van der Waals surface area contributed by atoms with Gasteiger partial charge < -0.3 is 4.90 Å². The molecule has 1 aromatic heterocycles. The van der Waals surface area contributed by atoms with Crippen molar-refractivity contribution in [2.24, 2.45) is 0 Å². The maximum atomic E-state index is 12.3. The van der Waals surface area contributed by atoms with Gasteiger partial charge in [-0.15, -0.1) is 11.3 Å². The van der Waals surface area contributed by atoms with Gasteiger partial charge in [0.2, 0.25) is 5.91 Å². The van der Waals surface area contributed by atoms with Gasteiger partial charge in [0.15, 0.2) is 0 Å². The van der Waals surface area contributed by atoms with Gasteiger partial charge in [-0.2, -0.15) is 0 Å². The molecular weight excluding hydrogens is 386 g/mol. The van der Waals surface area contributed by atoms with Gasteiger partial charge in [-0.25, -0.2) is 4.98 Å².